The van der Waals surface area contributed by atoms with Crippen molar-refractivity contribution in [2.24, 2.45) is 0 Å². The minimum Gasteiger partial charge on any atom is -0.454 e. The Kier molecular flexibility index (Phi) is 5.31. The first-order valence-corrected chi connectivity index (χ1v) is 11.3. The van der Waals surface area contributed by atoms with Crippen LogP contribution in [-0.2, 0) is 14.3 Å². The average molecular weight is 554 g/mol. The third kappa shape index (κ3) is 3.42. The molecular weight excluding hydrogens is 540 g/mol. The molecular formula is C25H14Br2O5. The highest BCUT2D eigenvalue weighted by Crippen LogP contribution is 2.44. The summed E-state index contributed by atoms with van der Waals surface area (Å²) in [7, 11) is 0. The largest absolute Gasteiger partial charge is 0.454 e. The van der Waals surface area contributed by atoms with Gasteiger partial charge in [0.05, 0.1) is 11.1 Å². The highest BCUT2D eigenvalue weighted by molar-refractivity contribution is 9.10. The average Bonchev–Trinajstić information content (AvgIpc) is 2.80. The van der Waals surface area contributed by atoms with Crippen LogP contribution in [-0.4, -0.2) is 30.9 Å². The summed E-state index contributed by atoms with van der Waals surface area (Å²) in [4.78, 5) is 38.6. The molecule has 0 fully saturated rings. The van der Waals surface area contributed by atoms with Gasteiger partial charge in [-0.2, -0.15) is 0 Å². The molecule has 0 spiro atoms. The zero-order valence-corrected chi connectivity index (χ0v) is 19.7. The molecule has 5 rings (SSSR count). The number of fused-ring (bicyclic) bond motifs is 7. The Balaban J connectivity index is 2.03. The number of Topliss-reactive ketones (excluding diaryl/α,β-unsaturated/α-hetero) is 1. The maximum atomic E-state index is 13.2. The Morgan fingerprint density at radius 1 is 0.594 bits per heavy atom. The van der Waals surface area contributed by atoms with Gasteiger partial charge in [-0.15, -0.1) is 0 Å². The van der Waals surface area contributed by atoms with E-state index in [9.17, 15) is 14.4 Å². The number of rotatable bonds is 0. The monoisotopic (exact) mass is 552 g/mol. The molecule has 158 valence electrons. The predicted molar refractivity (Wildman–Crippen MR) is 128 cm³/mol. The van der Waals surface area contributed by atoms with Crippen LogP contribution in [0.2, 0.25) is 0 Å². The van der Waals surface area contributed by atoms with Crippen molar-refractivity contribution in [1.82, 2.24) is 0 Å². The van der Waals surface area contributed by atoms with Crippen molar-refractivity contribution in [2.75, 3.05) is 13.2 Å². The lowest BCUT2D eigenvalue weighted by Gasteiger charge is -2.19. The molecule has 0 radical (unpaired) electrons. The molecule has 0 aromatic heterocycles. The van der Waals surface area contributed by atoms with Gasteiger partial charge in [-0.1, -0.05) is 48.5 Å². The van der Waals surface area contributed by atoms with Crippen molar-refractivity contribution >= 4 is 71.1 Å². The van der Waals surface area contributed by atoms with Crippen LogP contribution in [0.3, 0.4) is 0 Å². The lowest BCUT2D eigenvalue weighted by Crippen LogP contribution is -2.20. The van der Waals surface area contributed by atoms with Crippen molar-refractivity contribution in [3.8, 4) is 11.1 Å². The van der Waals surface area contributed by atoms with Crippen LogP contribution < -0.4 is 0 Å². The molecule has 0 unspecified atom stereocenters. The SMILES string of the molecule is O=C1COC(=O)c2c(Br)cc3ccccc3c2-c2c(c(Br)cc3ccccc23)C(=O)OC1. The Morgan fingerprint density at radius 3 is 1.44 bits per heavy atom. The molecule has 0 N–H and O–H groups in total. The number of hydrogen-bond donors (Lipinski definition) is 0. The predicted octanol–water partition coefficient (Wildman–Crippen LogP) is 6.08. The molecule has 1 heterocycles. The summed E-state index contributed by atoms with van der Waals surface area (Å²) in [6, 6.07) is 18.8. The topological polar surface area (TPSA) is 69.7 Å². The van der Waals surface area contributed by atoms with Crippen LogP contribution in [0, 0.1) is 0 Å². The van der Waals surface area contributed by atoms with Gasteiger partial charge in [-0.3, -0.25) is 4.79 Å². The van der Waals surface area contributed by atoms with E-state index < -0.39 is 30.9 Å². The fourth-order valence-electron chi connectivity index (χ4n) is 4.02. The Labute approximate surface area is 199 Å². The van der Waals surface area contributed by atoms with E-state index in [1.54, 1.807) is 0 Å². The first kappa shape index (κ1) is 20.8. The number of ether oxygens (including phenoxy) is 2. The van der Waals surface area contributed by atoms with E-state index in [-0.39, 0.29) is 11.1 Å². The van der Waals surface area contributed by atoms with E-state index in [0.29, 0.717) is 20.1 Å². The number of ketones is 1. The molecule has 4 aromatic rings. The fourth-order valence-corrected chi connectivity index (χ4v) is 5.24. The van der Waals surface area contributed by atoms with E-state index in [4.69, 9.17) is 9.47 Å². The van der Waals surface area contributed by atoms with E-state index in [0.717, 1.165) is 21.5 Å². The van der Waals surface area contributed by atoms with Gasteiger partial charge in [-0.05, 0) is 65.5 Å². The molecule has 32 heavy (non-hydrogen) atoms. The van der Waals surface area contributed by atoms with Crippen LogP contribution >= 0.6 is 31.9 Å². The second-order valence-electron chi connectivity index (χ2n) is 7.35. The van der Waals surface area contributed by atoms with Crippen LogP contribution in [0.25, 0.3) is 32.7 Å². The maximum Gasteiger partial charge on any atom is 0.340 e. The standard InChI is InChI=1S/C25H14Br2O5/c26-18-9-13-5-1-3-7-16(13)20-21-17-8-4-2-6-14(17)10-19(27)23(21)25(30)32-12-15(28)11-31-24(29)22(18)20/h1-10H,11-12H2. The van der Waals surface area contributed by atoms with Crippen LogP contribution in [0.15, 0.2) is 69.6 Å². The van der Waals surface area contributed by atoms with E-state index in [1.165, 1.54) is 0 Å². The number of halogens is 2. The normalized spacial score (nSPS) is 14.4. The lowest BCUT2D eigenvalue weighted by atomic mass is 9.87. The smallest absolute Gasteiger partial charge is 0.340 e. The van der Waals surface area contributed by atoms with Crippen molar-refractivity contribution in [3.63, 3.8) is 0 Å². The molecule has 0 bridgehead atoms. The highest BCUT2D eigenvalue weighted by Gasteiger charge is 2.30. The van der Waals surface area contributed by atoms with Crippen LogP contribution in [0.4, 0.5) is 0 Å². The molecule has 0 saturated heterocycles. The van der Waals surface area contributed by atoms with Crippen molar-refractivity contribution < 1.29 is 23.9 Å². The minimum absolute atomic E-state index is 0.246. The highest BCUT2D eigenvalue weighted by atomic mass is 79.9. The van der Waals surface area contributed by atoms with Gasteiger partial charge in [0, 0.05) is 20.1 Å². The second kappa shape index (κ2) is 8.15. The number of cyclic esters (lactones) is 2. The van der Waals surface area contributed by atoms with Gasteiger partial charge >= 0.3 is 11.9 Å². The molecule has 0 amide bonds. The number of carbonyl (C=O) groups is 3. The van der Waals surface area contributed by atoms with Gasteiger partial charge in [0.15, 0.2) is 13.2 Å². The van der Waals surface area contributed by atoms with Gasteiger partial charge < -0.3 is 9.47 Å². The zero-order chi connectivity index (χ0) is 22.4. The summed E-state index contributed by atoms with van der Waals surface area (Å²) >= 11 is 7.04. The van der Waals surface area contributed by atoms with Gasteiger partial charge in [0.1, 0.15) is 0 Å². The fraction of sp³-hybridized carbons (Fsp3) is 0.0800. The summed E-state index contributed by atoms with van der Waals surface area (Å²) in [6.07, 6.45) is 0. The molecule has 0 aliphatic carbocycles. The molecule has 0 saturated carbocycles. The number of carbonyl (C=O) groups excluding carboxylic acids is 3. The van der Waals surface area contributed by atoms with Crippen molar-refractivity contribution in [2.45, 2.75) is 0 Å². The molecule has 0 atom stereocenters. The van der Waals surface area contributed by atoms with Crippen molar-refractivity contribution in [3.05, 3.63) is 80.7 Å². The summed E-state index contributed by atoms with van der Waals surface area (Å²) in [5.41, 5.74) is 1.57. The summed E-state index contributed by atoms with van der Waals surface area (Å²) < 4.78 is 11.6. The lowest BCUT2D eigenvalue weighted by molar-refractivity contribution is -0.125. The molecule has 7 heteroatoms. The van der Waals surface area contributed by atoms with Gasteiger partial charge in [-0.25, -0.2) is 9.59 Å². The zero-order valence-electron chi connectivity index (χ0n) is 16.5. The number of hydrogen-bond acceptors (Lipinski definition) is 5. The van der Waals surface area contributed by atoms with Crippen molar-refractivity contribution in [1.29, 1.82) is 0 Å². The Morgan fingerprint density at radius 2 is 1.00 bits per heavy atom. The van der Waals surface area contributed by atoms with E-state index >= 15 is 0 Å². The van der Waals surface area contributed by atoms with E-state index in [2.05, 4.69) is 31.9 Å². The summed E-state index contributed by atoms with van der Waals surface area (Å²) in [5.74, 6) is -1.82. The van der Waals surface area contributed by atoms with E-state index in [1.807, 2.05) is 60.7 Å². The quantitative estimate of drug-likeness (QED) is 0.247. The molecule has 5 nitrogen and oxygen atoms in total. The first-order chi connectivity index (χ1) is 15.5. The third-order valence-electron chi connectivity index (χ3n) is 5.39. The van der Waals surface area contributed by atoms with Gasteiger partial charge in [0.2, 0.25) is 5.78 Å². The molecule has 4 aromatic carbocycles. The number of benzene rings is 4. The molecule has 1 aliphatic rings. The maximum absolute atomic E-state index is 13.2. The second-order valence-corrected chi connectivity index (χ2v) is 9.06. The van der Waals surface area contributed by atoms with Gasteiger partial charge in [0.25, 0.3) is 0 Å². The Hall–Kier alpha value is -3.03. The third-order valence-corrected chi connectivity index (χ3v) is 6.64. The molecule has 1 aliphatic heterocycles. The number of esters is 2. The minimum atomic E-state index is -0.657. The summed E-state index contributed by atoms with van der Waals surface area (Å²) in [5, 5.41) is 3.29. The summed E-state index contributed by atoms with van der Waals surface area (Å²) in [6.45, 7) is -0.966. The van der Waals surface area contributed by atoms with Crippen LogP contribution in [0.1, 0.15) is 20.7 Å². The first-order valence-electron chi connectivity index (χ1n) is 9.74. The van der Waals surface area contributed by atoms with Crippen LogP contribution in [0.5, 0.6) is 0 Å². The Bertz CT molecular complexity index is 1350.